The van der Waals surface area contributed by atoms with Crippen molar-refractivity contribution in [2.24, 2.45) is 0 Å². The second-order valence-electron chi connectivity index (χ2n) is 9.20. The highest BCUT2D eigenvalue weighted by Crippen LogP contribution is 2.25. The summed E-state index contributed by atoms with van der Waals surface area (Å²) in [5.74, 6) is -0.0884. The second-order valence-corrected chi connectivity index (χ2v) is 13.5. The molecule has 0 amide bonds. The Kier molecular flexibility index (Phi) is 11.7. The minimum atomic E-state index is -1.37. The quantitative estimate of drug-likeness (QED) is 0.184. The molecule has 0 aromatic heterocycles. The van der Waals surface area contributed by atoms with E-state index in [-0.39, 0.29) is 12.0 Å². The number of carbonyl (C=O) groups is 1. The molecule has 1 aliphatic rings. The van der Waals surface area contributed by atoms with Gasteiger partial charge in [-0.2, -0.15) is 0 Å². The fourth-order valence-corrected chi connectivity index (χ4v) is 6.41. The Morgan fingerprint density at radius 1 is 0.967 bits per heavy atom. The summed E-state index contributed by atoms with van der Waals surface area (Å²) in [4.78, 5) is 14.1. The Morgan fingerprint density at radius 2 is 1.57 bits per heavy atom. The third-order valence-electron chi connectivity index (χ3n) is 6.12. The molecule has 0 spiro atoms. The molecule has 1 aromatic carbocycles. The smallest absolute Gasteiger partial charge is 0.320 e. The fourth-order valence-electron chi connectivity index (χ4n) is 4.38. The highest BCUT2D eigenvalue weighted by molar-refractivity contribution is 6.71. The monoisotopic (exact) mass is 433 g/mol. The number of nitrogens with zero attached hydrogens (tertiary/aromatic N) is 1. The number of morpholine rings is 1. The molecule has 1 atom stereocenters. The average molecular weight is 434 g/mol. The first-order chi connectivity index (χ1) is 14.5. The first-order valence-corrected chi connectivity index (χ1v) is 15.2. The summed E-state index contributed by atoms with van der Waals surface area (Å²) in [6.07, 6.45) is 11.8. The van der Waals surface area contributed by atoms with Crippen LogP contribution in [0.3, 0.4) is 0 Å². The van der Waals surface area contributed by atoms with Gasteiger partial charge in [-0.3, -0.25) is 9.69 Å². The van der Waals surface area contributed by atoms with Crippen molar-refractivity contribution in [3.63, 3.8) is 0 Å². The van der Waals surface area contributed by atoms with Crippen LogP contribution in [0.4, 0.5) is 0 Å². The Hall–Kier alpha value is -1.17. The van der Waals surface area contributed by atoms with E-state index in [4.69, 9.17) is 9.16 Å². The summed E-state index contributed by atoms with van der Waals surface area (Å²) in [5, 5.41) is 0. The molecule has 1 aliphatic heterocycles. The molecular weight excluding hydrogens is 390 g/mol. The summed E-state index contributed by atoms with van der Waals surface area (Å²) in [7, 11) is -1.37. The van der Waals surface area contributed by atoms with Crippen LogP contribution in [0.25, 0.3) is 0 Å². The molecule has 1 heterocycles. The van der Waals surface area contributed by atoms with Gasteiger partial charge in [0.25, 0.3) is 0 Å². The number of benzene rings is 1. The minimum Gasteiger partial charge on any atom is -0.463 e. The predicted octanol–water partition coefficient (Wildman–Crippen LogP) is 6.34. The SMILES string of the molecule is CCO[Si](C)(C)CCCCCCCCCCCN1CC(=O)OC[C@H]1c1ccccc1. The summed E-state index contributed by atoms with van der Waals surface area (Å²) < 4.78 is 11.2. The van der Waals surface area contributed by atoms with Crippen molar-refractivity contribution in [3.05, 3.63) is 35.9 Å². The van der Waals surface area contributed by atoms with Crippen molar-refractivity contribution in [1.29, 1.82) is 0 Å². The highest BCUT2D eigenvalue weighted by Gasteiger charge is 2.28. The van der Waals surface area contributed by atoms with Gasteiger partial charge in [0, 0.05) is 6.61 Å². The number of carbonyl (C=O) groups excluding carboxylic acids is 1. The Bertz CT molecular complexity index is 593. The minimum absolute atomic E-state index is 0.0884. The van der Waals surface area contributed by atoms with Gasteiger partial charge < -0.3 is 9.16 Å². The van der Waals surface area contributed by atoms with Gasteiger partial charge in [-0.15, -0.1) is 0 Å². The van der Waals surface area contributed by atoms with Crippen molar-refractivity contribution in [2.75, 3.05) is 26.3 Å². The molecule has 0 aliphatic carbocycles. The van der Waals surface area contributed by atoms with Gasteiger partial charge in [0.15, 0.2) is 8.32 Å². The molecule has 2 rings (SSSR count). The van der Waals surface area contributed by atoms with E-state index >= 15 is 0 Å². The van der Waals surface area contributed by atoms with Gasteiger partial charge in [-0.1, -0.05) is 81.7 Å². The molecule has 1 aromatic rings. The maximum Gasteiger partial charge on any atom is 0.320 e. The van der Waals surface area contributed by atoms with Crippen molar-refractivity contribution in [3.8, 4) is 0 Å². The standard InChI is InChI=1S/C25H43NO3Si/c1-4-29-30(2,3)20-16-11-9-7-5-6-8-10-15-19-26-21-25(27)28-22-24(26)23-17-13-12-14-18-23/h12-14,17-18,24H,4-11,15-16,19-22H2,1-3H3/t24-/m0/s1. The normalized spacial score (nSPS) is 17.8. The van der Waals surface area contributed by atoms with Crippen LogP contribution < -0.4 is 0 Å². The van der Waals surface area contributed by atoms with Gasteiger partial charge in [0.2, 0.25) is 0 Å². The topological polar surface area (TPSA) is 38.8 Å². The lowest BCUT2D eigenvalue weighted by atomic mass is 10.0. The Labute approximate surface area is 185 Å². The first-order valence-electron chi connectivity index (χ1n) is 12.1. The number of rotatable bonds is 15. The maximum atomic E-state index is 11.8. The van der Waals surface area contributed by atoms with E-state index in [0.29, 0.717) is 13.2 Å². The van der Waals surface area contributed by atoms with Gasteiger partial charge in [-0.05, 0) is 44.6 Å². The number of cyclic esters (lactones) is 1. The zero-order valence-corrected chi connectivity index (χ0v) is 20.5. The molecule has 5 heteroatoms. The number of hydrogen-bond donors (Lipinski definition) is 0. The molecule has 4 nitrogen and oxygen atoms in total. The third-order valence-corrected chi connectivity index (χ3v) is 8.75. The van der Waals surface area contributed by atoms with E-state index in [0.717, 1.165) is 19.6 Å². The van der Waals surface area contributed by atoms with Gasteiger partial charge in [0.1, 0.15) is 6.61 Å². The van der Waals surface area contributed by atoms with Crippen LogP contribution in [-0.4, -0.2) is 45.5 Å². The Balaban J connectivity index is 1.51. The van der Waals surface area contributed by atoms with Crippen LogP contribution >= 0.6 is 0 Å². The highest BCUT2D eigenvalue weighted by atomic mass is 28.4. The van der Waals surface area contributed by atoms with E-state index in [1.807, 2.05) is 6.07 Å². The molecule has 0 saturated carbocycles. The van der Waals surface area contributed by atoms with Crippen LogP contribution in [0, 0.1) is 0 Å². The van der Waals surface area contributed by atoms with E-state index in [1.165, 1.54) is 63.0 Å². The molecule has 0 unspecified atom stereocenters. The van der Waals surface area contributed by atoms with Gasteiger partial charge in [0.05, 0.1) is 12.6 Å². The summed E-state index contributed by atoms with van der Waals surface area (Å²) in [6.45, 7) is 9.53. The lowest BCUT2D eigenvalue weighted by molar-refractivity contribution is -0.154. The molecule has 1 saturated heterocycles. The van der Waals surface area contributed by atoms with Crippen molar-refractivity contribution >= 4 is 14.3 Å². The van der Waals surface area contributed by atoms with E-state index < -0.39 is 8.32 Å². The molecular formula is C25H43NO3Si. The second kappa shape index (κ2) is 14.0. The molecule has 0 radical (unpaired) electrons. The van der Waals surface area contributed by atoms with E-state index in [9.17, 15) is 4.79 Å². The van der Waals surface area contributed by atoms with Crippen LogP contribution in [0.15, 0.2) is 30.3 Å². The van der Waals surface area contributed by atoms with Crippen molar-refractivity contribution in [1.82, 2.24) is 4.90 Å². The summed E-state index contributed by atoms with van der Waals surface area (Å²) >= 11 is 0. The maximum absolute atomic E-state index is 11.8. The van der Waals surface area contributed by atoms with Crippen LogP contribution in [0.5, 0.6) is 0 Å². The van der Waals surface area contributed by atoms with Crippen molar-refractivity contribution < 1.29 is 14.0 Å². The summed E-state index contributed by atoms with van der Waals surface area (Å²) in [5.41, 5.74) is 1.25. The number of esters is 1. The number of unbranched alkanes of at least 4 members (excludes halogenated alkanes) is 8. The van der Waals surface area contributed by atoms with E-state index in [1.54, 1.807) is 0 Å². The lowest BCUT2D eigenvalue weighted by Crippen LogP contribution is -2.42. The van der Waals surface area contributed by atoms with Gasteiger partial charge in [-0.25, -0.2) is 0 Å². The number of hydrogen-bond acceptors (Lipinski definition) is 4. The van der Waals surface area contributed by atoms with Crippen LogP contribution in [-0.2, 0) is 14.0 Å². The molecule has 0 bridgehead atoms. The zero-order valence-electron chi connectivity index (χ0n) is 19.5. The fraction of sp³-hybridized carbons (Fsp3) is 0.720. The summed E-state index contributed by atoms with van der Waals surface area (Å²) in [6, 6.07) is 11.9. The Morgan fingerprint density at radius 3 is 2.20 bits per heavy atom. The lowest BCUT2D eigenvalue weighted by Gasteiger charge is -2.34. The predicted molar refractivity (Wildman–Crippen MR) is 127 cm³/mol. The molecule has 30 heavy (non-hydrogen) atoms. The molecule has 170 valence electrons. The average Bonchev–Trinajstić information content (AvgIpc) is 2.72. The first kappa shape index (κ1) is 25.1. The van der Waals surface area contributed by atoms with Gasteiger partial charge >= 0.3 is 5.97 Å². The molecule has 0 N–H and O–H groups in total. The van der Waals surface area contributed by atoms with Crippen LogP contribution in [0.1, 0.15) is 76.3 Å². The molecule has 1 fully saturated rings. The largest absolute Gasteiger partial charge is 0.463 e. The number of ether oxygens (including phenoxy) is 1. The third kappa shape index (κ3) is 9.76. The van der Waals surface area contributed by atoms with E-state index in [2.05, 4.69) is 49.2 Å². The van der Waals surface area contributed by atoms with Crippen molar-refractivity contribution in [2.45, 2.75) is 89.9 Å². The zero-order chi connectivity index (χ0) is 21.7. The van der Waals surface area contributed by atoms with Crippen LogP contribution in [0.2, 0.25) is 19.1 Å².